The highest BCUT2D eigenvalue weighted by Crippen LogP contribution is 2.56. The van der Waals surface area contributed by atoms with E-state index in [-0.39, 0.29) is 5.41 Å². The number of hydrogen-bond donors (Lipinski definition) is 0. The minimum atomic E-state index is -0.177. The van der Waals surface area contributed by atoms with E-state index in [4.69, 9.17) is 4.42 Å². The molecule has 240 valence electrons. The molecule has 0 radical (unpaired) electrons. The highest BCUT2D eigenvalue weighted by molar-refractivity contribution is 6.13. The van der Waals surface area contributed by atoms with Gasteiger partial charge in [-0.3, -0.25) is 0 Å². The maximum atomic E-state index is 6.37. The highest BCUT2D eigenvalue weighted by Gasteiger charge is 2.41. The summed E-state index contributed by atoms with van der Waals surface area (Å²) in [6.45, 7) is 4.73. The average Bonchev–Trinajstić information content (AvgIpc) is 3.87. The minimum Gasteiger partial charge on any atom is -0.456 e. The molecule has 12 rings (SSSR count). The lowest BCUT2D eigenvalue weighted by Crippen LogP contribution is -2.18. The van der Waals surface area contributed by atoms with Crippen molar-refractivity contribution in [1.82, 2.24) is 4.57 Å². The number of allylic oxidation sites excluding steroid dienone is 8. The average molecular weight is 652 g/mol. The largest absolute Gasteiger partial charge is 0.456 e. The summed E-state index contributed by atoms with van der Waals surface area (Å²) >= 11 is 0. The molecule has 0 spiro atoms. The van der Waals surface area contributed by atoms with Gasteiger partial charge in [0, 0.05) is 44.5 Å². The summed E-state index contributed by atoms with van der Waals surface area (Å²) < 4.78 is 8.86. The van der Waals surface area contributed by atoms with Gasteiger partial charge in [0.2, 0.25) is 0 Å². The van der Waals surface area contributed by atoms with Crippen LogP contribution < -0.4 is 0 Å². The van der Waals surface area contributed by atoms with Crippen molar-refractivity contribution in [3.8, 4) is 16.8 Å². The van der Waals surface area contributed by atoms with Crippen LogP contribution >= 0.6 is 0 Å². The van der Waals surface area contributed by atoms with E-state index in [0.29, 0.717) is 11.8 Å². The lowest BCUT2D eigenvalue weighted by atomic mass is 9.72. The van der Waals surface area contributed by atoms with E-state index in [1.165, 1.54) is 93.9 Å². The molecule has 6 aromatic carbocycles. The van der Waals surface area contributed by atoms with E-state index in [1.807, 2.05) is 6.07 Å². The van der Waals surface area contributed by atoms with Crippen molar-refractivity contribution in [3.05, 3.63) is 180 Å². The van der Waals surface area contributed by atoms with Crippen molar-refractivity contribution in [1.29, 1.82) is 0 Å². The Balaban J connectivity index is 1.05. The number of fused-ring (bicyclic) bond motifs is 12. The third-order valence-electron chi connectivity index (χ3n) is 12.4. The Kier molecular flexibility index (Phi) is 5.19. The fourth-order valence-electron chi connectivity index (χ4n) is 10.0. The summed E-state index contributed by atoms with van der Waals surface area (Å²) in [5.41, 5.74) is 19.1. The minimum absolute atomic E-state index is 0.177. The van der Waals surface area contributed by atoms with Crippen molar-refractivity contribution < 1.29 is 4.42 Å². The van der Waals surface area contributed by atoms with Crippen LogP contribution in [-0.2, 0) is 5.41 Å². The Hall–Kier alpha value is -6.12. The molecule has 0 bridgehead atoms. The van der Waals surface area contributed by atoms with Gasteiger partial charge in [0.15, 0.2) is 0 Å². The Bertz CT molecular complexity index is 3010. The first-order chi connectivity index (χ1) is 25.0. The predicted octanol–water partition coefficient (Wildman–Crippen LogP) is 12.7. The van der Waals surface area contributed by atoms with Gasteiger partial charge < -0.3 is 8.98 Å². The molecule has 4 aliphatic rings. The van der Waals surface area contributed by atoms with Gasteiger partial charge in [0.1, 0.15) is 11.2 Å². The lowest BCUT2D eigenvalue weighted by Gasteiger charge is -2.31. The van der Waals surface area contributed by atoms with Gasteiger partial charge in [-0.05, 0) is 104 Å². The first-order valence-electron chi connectivity index (χ1n) is 18.1. The third-order valence-corrected chi connectivity index (χ3v) is 12.4. The Labute approximate surface area is 296 Å². The van der Waals surface area contributed by atoms with E-state index in [9.17, 15) is 0 Å². The van der Waals surface area contributed by atoms with E-state index < -0.39 is 0 Å². The molecule has 0 N–H and O–H groups in total. The van der Waals surface area contributed by atoms with Crippen LogP contribution in [0.25, 0.3) is 77.3 Å². The summed E-state index contributed by atoms with van der Waals surface area (Å²) in [5, 5.41) is 4.92. The van der Waals surface area contributed by atoms with Crippen molar-refractivity contribution in [3.63, 3.8) is 0 Å². The number of para-hydroxylation sites is 2. The van der Waals surface area contributed by atoms with E-state index in [2.05, 4.69) is 164 Å². The number of furan rings is 1. The SMILES string of the molecule is CC1(C)c2cc3oc4ccccc4c3cc2-c2cc3c4ccccc4n(-c4cccc(C5=CC=C6c7ccccc7C7=CC=CC5C76)c4)c3cc21. The summed E-state index contributed by atoms with van der Waals surface area (Å²) in [6.07, 6.45) is 11.8. The molecule has 8 aromatic rings. The van der Waals surface area contributed by atoms with Gasteiger partial charge in [-0.25, -0.2) is 0 Å². The topological polar surface area (TPSA) is 18.1 Å². The number of benzene rings is 6. The fourth-order valence-corrected chi connectivity index (χ4v) is 10.0. The van der Waals surface area contributed by atoms with Crippen LogP contribution in [0, 0.1) is 11.8 Å². The van der Waals surface area contributed by atoms with Crippen LogP contribution in [0.5, 0.6) is 0 Å². The zero-order chi connectivity index (χ0) is 33.6. The highest BCUT2D eigenvalue weighted by atomic mass is 16.3. The first-order valence-corrected chi connectivity index (χ1v) is 18.1. The summed E-state index contributed by atoms with van der Waals surface area (Å²) in [5.74, 6) is 0.682. The Morgan fingerprint density at radius 3 is 2.10 bits per heavy atom. The quantitative estimate of drug-likeness (QED) is 0.182. The zero-order valence-corrected chi connectivity index (χ0v) is 28.4. The van der Waals surface area contributed by atoms with Gasteiger partial charge >= 0.3 is 0 Å². The van der Waals surface area contributed by atoms with Crippen LogP contribution in [0.4, 0.5) is 0 Å². The molecule has 2 atom stereocenters. The maximum Gasteiger partial charge on any atom is 0.135 e. The van der Waals surface area contributed by atoms with Crippen LogP contribution in [0.15, 0.2) is 156 Å². The first kappa shape index (κ1) is 27.7. The van der Waals surface area contributed by atoms with E-state index >= 15 is 0 Å². The number of nitrogens with zero attached hydrogens (tertiary/aromatic N) is 1. The standard InChI is InChI=1S/C49H33NO/c1-49(2)42-26-45-40(24-38(42)39-25-41-34-16-6-8-20-46(34)51-47(41)27-43(39)49)33-15-5-7-19-44(33)50(45)29-12-9-11-28(23-29)30-21-22-37-32-14-4-3-13-31(32)36-18-10-17-35(30)48(36)37/h3-27,35,48H,1-2H3. The number of aromatic nitrogens is 1. The Morgan fingerprint density at radius 1 is 0.529 bits per heavy atom. The predicted molar refractivity (Wildman–Crippen MR) is 212 cm³/mol. The van der Waals surface area contributed by atoms with Gasteiger partial charge in [0.25, 0.3) is 0 Å². The molecule has 2 heterocycles. The monoisotopic (exact) mass is 651 g/mol. The van der Waals surface area contributed by atoms with Crippen LogP contribution in [0.1, 0.15) is 41.7 Å². The molecule has 2 nitrogen and oxygen atoms in total. The summed E-state index contributed by atoms with van der Waals surface area (Å²) in [4.78, 5) is 0. The molecular weight excluding hydrogens is 619 g/mol. The van der Waals surface area contributed by atoms with Gasteiger partial charge in [-0.1, -0.05) is 117 Å². The second kappa shape index (κ2) is 9.56. The van der Waals surface area contributed by atoms with Crippen molar-refractivity contribution >= 4 is 60.5 Å². The maximum absolute atomic E-state index is 6.37. The van der Waals surface area contributed by atoms with Gasteiger partial charge in [-0.15, -0.1) is 0 Å². The normalized spacial score (nSPS) is 19.2. The molecule has 0 saturated carbocycles. The second-order valence-corrected chi connectivity index (χ2v) is 15.2. The summed E-state index contributed by atoms with van der Waals surface area (Å²) in [6, 6.07) is 45.0. The van der Waals surface area contributed by atoms with Gasteiger partial charge in [0.05, 0.1) is 11.0 Å². The number of rotatable bonds is 2. The molecule has 0 fully saturated rings. The molecule has 2 aromatic heterocycles. The van der Waals surface area contributed by atoms with Gasteiger partial charge in [-0.2, -0.15) is 0 Å². The second-order valence-electron chi connectivity index (χ2n) is 15.2. The number of hydrogen-bond acceptors (Lipinski definition) is 1. The molecule has 4 aliphatic carbocycles. The molecule has 0 aliphatic heterocycles. The third kappa shape index (κ3) is 3.52. The molecule has 2 unspecified atom stereocenters. The van der Waals surface area contributed by atoms with Crippen LogP contribution in [0.2, 0.25) is 0 Å². The van der Waals surface area contributed by atoms with Crippen LogP contribution in [-0.4, -0.2) is 4.57 Å². The lowest BCUT2D eigenvalue weighted by molar-refractivity contribution is 0.647. The molecule has 0 saturated heterocycles. The molecular formula is C49H33NO. The van der Waals surface area contributed by atoms with E-state index in [1.54, 1.807) is 0 Å². The molecule has 51 heavy (non-hydrogen) atoms. The van der Waals surface area contributed by atoms with Crippen molar-refractivity contribution in [2.24, 2.45) is 11.8 Å². The van der Waals surface area contributed by atoms with Crippen LogP contribution in [0.3, 0.4) is 0 Å². The zero-order valence-electron chi connectivity index (χ0n) is 28.4. The fraction of sp³-hybridized carbons (Fsp3) is 0.102. The summed E-state index contributed by atoms with van der Waals surface area (Å²) in [7, 11) is 0. The smallest absolute Gasteiger partial charge is 0.135 e. The van der Waals surface area contributed by atoms with Crippen molar-refractivity contribution in [2.45, 2.75) is 19.3 Å². The molecule has 0 amide bonds. The molecule has 2 heteroatoms. The van der Waals surface area contributed by atoms with Crippen molar-refractivity contribution in [2.75, 3.05) is 0 Å². The Morgan fingerprint density at radius 2 is 1.24 bits per heavy atom. The van der Waals surface area contributed by atoms with E-state index in [0.717, 1.165) is 11.2 Å².